The molecule has 0 aliphatic rings. The number of fused-ring (bicyclic) bond motifs is 3. The fraction of sp³-hybridized carbons (Fsp3) is 0.412. The number of nitrogens with one attached hydrogen (secondary N) is 1. The lowest BCUT2D eigenvalue weighted by molar-refractivity contribution is 0.0595. The van der Waals surface area contributed by atoms with Crippen LogP contribution in [-0.4, -0.2) is 42.5 Å². The molecule has 0 bridgehead atoms. The summed E-state index contributed by atoms with van der Waals surface area (Å²) in [5.74, 6) is -0.423. The molecule has 0 radical (unpaired) electrons. The minimum atomic E-state index is -1.10. The largest absolute Gasteiger partial charge is 0.464 e. The van der Waals surface area contributed by atoms with Gasteiger partial charge in [0.2, 0.25) is 0 Å². The zero-order valence-corrected chi connectivity index (χ0v) is 15.5. The van der Waals surface area contributed by atoms with Gasteiger partial charge in [-0.25, -0.2) is 9.78 Å². The third-order valence-electron chi connectivity index (χ3n) is 4.00. The van der Waals surface area contributed by atoms with Gasteiger partial charge < -0.3 is 14.6 Å². The Labute approximate surface area is 141 Å². The molecule has 24 heavy (non-hydrogen) atoms. The van der Waals surface area contributed by atoms with Crippen molar-refractivity contribution in [2.45, 2.75) is 32.4 Å². The van der Waals surface area contributed by atoms with Gasteiger partial charge in [0.15, 0.2) is 0 Å². The maximum atomic E-state index is 11.7. The van der Waals surface area contributed by atoms with Crippen LogP contribution >= 0.6 is 0 Å². The summed E-state index contributed by atoms with van der Waals surface area (Å²) in [4.78, 5) is 16.2. The molecule has 7 heteroatoms. The Morgan fingerprint density at radius 1 is 1.29 bits per heavy atom. The molecule has 0 amide bonds. The fourth-order valence-electron chi connectivity index (χ4n) is 2.60. The first kappa shape index (κ1) is 16.7. The van der Waals surface area contributed by atoms with Gasteiger partial charge in [0.05, 0.1) is 18.1 Å². The summed E-state index contributed by atoms with van der Waals surface area (Å²) in [5.41, 5.74) is 2.05. The van der Waals surface area contributed by atoms with E-state index in [1.807, 2.05) is 23.0 Å². The summed E-state index contributed by atoms with van der Waals surface area (Å²) in [6.45, 7) is 8.19. The summed E-state index contributed by atoms with van der Waals surface area (Å²) < 4.78 is 12.5. The summed E-state index contributed by atoms with van der Waals surface area (Å²) in [6.07, 6.45) is 1.92. The van der Waals surface area contributed by atoms with E-state index in [2.05, 4.69) is 29.7 Å². The molecular formula is C17H23N3O3Si. The lowest BCUT2D eigenvalue weighted by Gasteiger charge is -2.15. The highest BCUT2D eigenvalue weighted by molar-refractivity contribution is 6.76. The highest BCUT2D eigenvalue weighted by Gasteiger charge is 2.16. The number of nitrogens with zero attached hydrogens (tertiary/aromatic N) is 2. The molecule has 0 unspecified atom stereocenters. The second-order valence-electron chi connectivity index (χ2n) is 7.12. The quantitative estimate of drug-likeness (QED) is 0.421. The molecule has 0 saturated heterocycles. The van der Waals surface area contributed by atoms with E-state index in [0.29, 0.717) is 12.4 Å². The number of methoxy groups -OCH3 is 1. The summed E-state index contributed by atoms with van der Waals surface area (Å²) in [6, 6.07) is 6.85. The second-order valence-corrected chi connectivity index (χ2v) is 12.7. The van der Waals surface area contributed by atoms with Crippen molar-refractivity contribution in [3.8, 4) is 0 Å². The van der Waals surface area contributed by atoms with E-state index in [9.17, 15) is 4.79 Å². The van der Waals surface area contributed by atoms with Gasteiger partial charge in [-0.3, -0.25) is 4.68 Å². The van der Waals surface area contributed by atoms with Crippen molar-refractivity contribution in [3.05, 3.63) is 30.1 Å². The number of carbonyl (C=O) groups excluding carboxylic acids is 1. The van der Waals surface area contributed by atoms with E-state index in [1.165, 1.54) is 7.11 Å². The predicted octanol–water partition coefficient (Wildman–Crippen LogP) is 3.62. The van der Waals surface area contributed by atoms with Gasteiger partial charge in [0.1, 0.15) is 12.4 Å². The Bertz CT molecular complexity index is 876. The van der Waals surface area contributed by atoms with Crippen LogP contribution in [-0.2, 0) is 16.2 Å². The van der Waals surface area contributed by atoms with Crippen molar-refractivity contribution < 1.29 is 14.3 Å². The van der Waals surface area contributed by atoms with Crippen LogP contribution in [0.2, 0.25) is 25.7 Å². The third-order valence-corrected chi connectivity index (χ3v) is 5.70. The number of rotatable bonds is 6. The molecule has 0 saturated carbocycles. The van der Waals surface area contributed by atoms with Crippen molar-refractivity contribution >= 4 is 35.8 Å². The highest BCUT2D eigenvalue weighted by Crippen LogP contribution is 2.26. The van der Waals surface area contributed by atoms with Gasteiger partial charge >= 0.3 is 5.97 Å². The Morgan fingerprint density at radius 3 is 2.75 bits per heavy atom. The minimum absolute atomic E-state index is 0.326. The van der Waals surface area contributed by atoms with Crippen molar-refractivity contribution in [2.75, 3.05) is 13.7 Å². The number of hydrogen-bond acceptors (Lipinski definition) is 4. The topological polar surface area (TPSA) is 69.1 Å². The van der Waals surface area contributed by atoms with Crippen LogP contribution in [0.25, 0.3) is 21.8 Å². The Hall–Kier alpha value is -2.12. The maximum absolute atomic E-state index is 11.7. The molecule has 0 atom stereocenters. The molecule has 2 aromatic heterocycles. The summed E-state index contributed by atoms with van der Waals surface area (Å²) >= 11 is 0. The second kappa shape index (κ2) is 6.41. The molecule has 0 aliphatic carbocycles. The molecule has 3 rings (SSSR count). The molecule has 2 heterocycles. The van der Waals surface area contributed by atoms with Gasteiger partial charge in [-0.05, 0) is 12.1 Å². The number of hydrogen-bond donors (Lipinski definition) is 1. The van der Waals surface area contributed by atoms with Gasteiger partial charge in [0.25, 0.3) is 0 Å². The third kappa shape index (κ3) is 3.37. The number of H-pyrrole nitrogens is 1. The molecule has 3 aromatic rings. The number of ether oxygens (including phenoxy) is 2. The number of esters is 1. The fourth-order valence-corrected chi connectivity index (χ4v) is 3.36. The Morgan fingerprint density at radius 2 is 2.04 bits per heavy atom. The van der Waals surface area contributed by atoms with E-state index >= 15 is 0 Å². The molecule has 1 N–H and O–H groups in total. The minimum Gasteiger partial charge on any atom is -0.464 e. The van der Waals surface area contributed by atoms with Crippen molar-refractivity contribution in [1.82, 2.24) is 14.8 Å². The molecule has 1 aromatic carbocycles. The molecule has 0 spiro atoms. The van der Waals surface area contributed by atoms with E-state index in [0.717, 1.165) is 34.5 Å². The van der Waals surface area contributed by atoms with Crippen molar-refractivity contribution in [3.63, 3.8) is 0 Å². The van der Waals surface area contributed by atoms with Crippen LogP contribution in [0.1, 0.15) is 10.5 Å². The maximum Gasteiger partial charge on any atom is 0.356 e. The number of carbonyl (C=O) groups is 1. The van der Waals surface area contributed by atoms with Gasteiger partial charge in [-0.15, -0.1) is 0 Å². The standard InChI is InChI=1S/C17H23N3O3Si/c1-22-17(21)14-9-12-5-6-13-10-18-20(16(13)15(12)19-14)11-23-7-8-24(2,3)4/h5-6,9-10,18H,7-8,11H2,1-4H3. The van der Waals surface area contributed by atoms with Gasteiger partial charge in [0, 0.05) is 31.7 Å². The average molecular weight is 345 g/mol. The van der Waals surface area contributed by atoms with Gasteiger partial charge in [-0.2, -0.15) is 0 Å². The van der Waals surface area contributed by atoms with E-state index in [-0.39, 0.29) is 0 Å². The first-order valence-electron chi connectivity index (χ1n) is 8.02. The van der Waals surface area contributed by atoms with E-state index in [4.69, 9.17) is 9.47 Å². The highest BCUT2D eigenvalue weighted by atomic mass is 28.3. The van der Waals surface area contributed by atoms with Crippen molar-refractivity contribution in [1.29, 1.82) is 0 Å². The Balaban J connectivity index is 1.89. The molecule has 0 aliphatic heterocycles. The first-order valence-corrected chi connectivity index (χ1v) is 11.7. The van der Waals surface area contributed by atoms with Crippen LogP contribution in [0.5, 0.6) is 0 Å². The lowest BCUT2D eigenvalue weighted by Crippen LogP contribution is -2.22. The summed E-state index contributed by atoms with van der Waals surface area (Å²) in [5, 5.41) is 5.15. The smallest absolute Gasteiger partial charge is 0.356 e. The normalized spacial score (nSPS) is 12.2. The van der Waals surface area contributed by atoms with Crippen LogP contribution in [0.3, 0.4) is 0 Å². The number of aromatic nitrogens is 3. The zero-order chi connectivity index (χ0) is 17.3. The van der Waals surface area contributed by atoms with Crippen LogP contribution in [0.15, 0.2) is 24.4 Å². The van der Waals surface area contributed by atoms with E-state index in [1.54, 1.807) is 6.07 Å². The average Bonchev–Trinajstić information content (AvgIpc) is 3.13. The molecular weight excluding hydrogens is 322 g/mol. The van der Waals surface area contributed by atoms with Crippen LogP contribution in [0, 0.1) is 0 Å². The molecule has 6 nitrogen and oxygen atoms in total. The predicted molar refractivity (Wildman–Crippen MR) is 97.0 cm³/mol. The summed E-state index contributed by atoms with van der Waals surface area (Å²) in [7, 11) is 0.263. The zero-order valence-electron chi connectivity index (χ0n) is 14.5. The van der Waals surface area contributed by atoms with Crippen molar-refractivity contribution in [2.24, 2.45) is 0 Å². The number of benzene rings is 1. The lowest BCUT2D eigenvalue weighted by atomic mass is 10.2. The number of aromatic amines is 1. The monoisotopic (exact) mass is 345 g/mol. The van der Waals surface area contributed by atoms with E-state index < -0.39 is 14.0 Å². The van der Waals surface area contributed by atoms with Crippen LogP contribution in [0.4, 0.5) is 0 Å². The molecule has 0 fully saturated rings. The van der Waals surface area contributed by atoms with Gasteiger partial charge in [-0.1, -0.05) is 31.8 Å². The first-order chi connectivity index (χ1) is 11.4. The Kier molecular flexibility index (Phi) is 4.47. The van der Waals surface area contributed by atoms with Crippen LogP contribution < -0.4 is 0 Å². The molecule has 128 valence electrons. The SMILES string of the molecule is COC(=O)c1cc2ccc3c[nH]n(COCC[Si](C)(C)C)c3c2n1.